The number of esters is 1. The highest BCUT2D eigenvalue weighted by Gasteiger charge is 2.44. The molecular weight excluding hydrogens is 354 g/mol. The standard InChI is InChI=1S/C18H17N3O6/c1-18(2)17(23)20(10-11-5-4-6-12(9-11)16(22)26-3)15-13(27-18)7-8-14(19-15)21(24)25/h4-9H,10H2,1-3H3. The number of hydrogen-bond donors (Lipinski definition) is 0. The second-order valence-electron chi connectivity index (χ2n) is 6.44. The van der Waals surface area contributed by atoms with Crippen LogP contribution in [0, 0.1) is 10.1 Å². The van der Waals surface area contributed by atoms with Crippen molar-refractivity contribution in [3.63, 3.8) is 0 Å². The van der Waals surface area contributed by atoms with Gasteiger partial charge in [-0.05, 0) is 47.5 Å². The van der Waals surface area contributed by atoms with Crippen LogP contribution in [0.5, 0.6) is 5.75 Å². The van der Waals surface area contributed by atoms with Crippen LogP contribution in [0.3, 0.4) is 0 Å². The second-order valence-corrected chi connectivity index (χ2v) is 6.44. The van der Waals surface area contributed by atoms with E-state index in [-0.39, 0.29) is 18.1 Å². The number of aromatic nitrogens is 1. The molecule has 0 aliphatic carbocycles. The molecule has 0 saturated carbocycles. The van der Waals surface area contributed by atoms with E-state index in [1.807, 2.05) is 0 Å². The van der Waals surface area contributed by atoms with Crippen LogP contribution in [-0.2, 0) is 16.1 Å². The summed E-state index contributed by atoms with van der Waals surface area (Å²) in [7, 11) is 1.28. The first-order valence-corrected chi connectivity index (χ1v) is 8.06. The Bertz CT molecular complexity index is 940. The molecule has 9 nitrogen and oxygen atoms in total. The van der Waals surface area contributed by atoms with E-state index in [4.69, 9.17) is 9.47 Å². The lowest BCUT2D eigenvalue weighted by Gasteiger charge is -2.35. The zero-order valence-electron chi connectivity index (χ0n) is 15.0. The van der Waals surface area contributed by atoms with Crippen molar-refractivity contribution in [3.8, 4) is 5.75 Å². The molecule has 1 aliphatic heterocycles. The lowest BCUT2D eigenvalue weighted by molar-refractivity contribution is -0.389. The molecule has 9 heteroatoms. The van der Waals surface area contributed by atoms with Crippen molar-refractivity contribution >= 4 is 23.5 Å². The number of pyridine rings is 1. The lowest BCUT2D eigenvalue weighted by atomic mass is 10.0. The molecule has 0 spiro atoms. The van der Waals surface area contributed by atoms with Gasteiger partial charge < -0.3 is 19.6 Å². The molecule has 2 aromatic rings. The lowest BCUT2D eigenvalue weighted by Crippen LogP contribution is -2.52. The second kappa shape index (κ2) is 6.67. The van der Waals surface area contributed by atoms with E-state index in [0.29, 0.717) is 11.1 Å². The van der Waals surface area contributed by atoms with Crippen LogP contribution in [0.15, 0.2) is 36.4 Å². The number of benzene rings is 1. The smallest absolute Gasteiger partial charge is 0.366 e. The summed E-state index contributed by atoms with van der Waals surface area (Å²) in [5.41, 5.74) is -0.185. The highest BCUT2D eigenvalue weighted by atomic mass is 16.6. The first kappa shape index (κ1) is 18.3. The van der Waals surface area contributed by atoms with Gasteiger partial charge in [0.05, 0.1) is 19.2 Å². The van der Waals surface area contributed by atoms with Crippen LogP contribution in [0.1, 0.15) is 29.8 Å². The highest BCUT2D eigenvalue weighted by Crippen LogP contribution is 2.38. The van der Waals surface area contributed by atoms with Gasteiger partial charge >= 0.3 is 11.8 Å². The summed E-state index contributed by atoms with van der Waals surface area (Å²) in [6.07, 6.45) is 0. The normalized spacial score (nSPS) is 14.9. The summed E-state index contributed by atoms with van der Waals surface area (Å²) >= 11 is 0. The zero-order valence-corrected chi connectivity index (χ0v) is 15.0. The van der Waals surface area contributed by atoms with Gasteiger partial charge in [0.2, 0.25) is 0 Å². The van der Waals surface area contributed by atoms with Crippen molar-refractivity contribution < 1.29 is 24.0 Å². The van der Waals surface area contributed by atoms with Crippen LogP contribution in [-0.4, -0.2) is 34.5 Å². The number of amides is 1. The molecule has 0 saturated heterocycles. The highest BCUT2D eigenvalue weighted by molar-refractivity contribution is 6.01. The average molecular weight is 371 g/mol. The van der Waals surface area contributed by atoms with Crippen molar-refractivity contribution in [2.45, 2.75) is 26.0 Å². The molecule has 3 rings (SSSR count). The van der Waals surface area contributed by atoms with E-state index in [1.165, 1.54) is 24.1 Å². The van der Waals surface area contributed by atoms with Crippen molar-refractivity contribution in [1.82, 2.24) is 4.98 Å². The number of rotatable bonds is 4. The van der Waals surface area contributed by atoms with Crippen LogP contribution < -0.4 is 9.64 Å². The number of nitrogens with zero attached hydrogens (tertiary/aromatic N) is 3. The minimum atomic E-state index is -1.16. The van der Waals surface area contributed by atoms with Gasteiger partial charge in [-0.25, -0.2) is 4.79 Å². The Morgan fingerprint density at radius 2 is 2.07 bits per heavy atom. The average Bonchev–Trinajstić information content (AvgIpc) is 2.64. The molecule has 0 atom stereocenters. The number of ether oxygens (including phenoxy) is 2. The van der Waals surface area contributed by atoms with E-state index in [2.05, 4.69) is 4.98 Å². The molecule has 1 amide bonds. The molecule has 1 aromatic carbocycles. The SMILES string of the molecule is COC(=O)c1cccc(CN2C(=O)C(C)(C)Oc3ccc([N+](=O)[O-])nc32)c1. The number of fused-ring (bicyclic) bond motifs is 1. The van der Waals surface area contributed by atoms with Crippen molar-refractivity contribution in [1.29, 1.82) is 0 Å². The number of nitro groups is 1. The maximum Gasteiger partial charge on any atom is 0.366 e. The molecule has 2 heterocycles. The summed E-state index contributed by atoms with van der Waals surface area (Å²) in [5, 5.41) is 11.1. The molecule has 0 fully saturated rings. The van der Waals surface area contributed by atoms with Gasteiger partial charge in [0.15, 0.2) is 11.4 Å². The van der Waals surface area contributed by atoms with E-state index in [9.17, 15) is 19.7 Å². The Morgan fingerprint density at radius 3 is 2.74 bits per heavy atom. The fraction of sp³-hybridized carbons (Fsp3) is 0.278. The van der Waals surface area contributed by atoms with Gasteiger partial charge in [0.1, 0.15) is 0 Å². The van der Waals surface area contributed by atoms with Crippen LogP contribution in [0.2, 0.25) is 0 Å². The molecule has 0 radical (unpaired) electrons. The Kier molecular flexibility index (Phi) is 4.52. The Labute approximate surface area is 154 Å². The Morgan fingerprint density at radius 1 is 1.33 bits per heavy atom. The molecule has 1 aromatic heterocycles. The molecule has 0 bridgehead atoms. The summed E-state index contributed by atoms with van der Waals surface area (Å²) in [5.74, 6) is -0.949. The summed E-state index contributed by atoms with van der Waals surface area (Å²) in [6, 6.07) is 9.24. The predicted molar refractivity (Wildman–Crippen MR) is 94.6 cm³/mol. The molecule has 0 N–H and O–H groups in total. The van der Waals surface area contributed by atoms with E-state index in [0.717, 1.165) is 0 Å². The third-order valence-corrected chi connectivity index (χ3v) is 4.08. The summed E-state index contributed by atoms with van der Waals surface area (Å²) in [4.78, 5) is 40.3. The molecule has 140 valence electrons. The Balaban J connectivity index is 2.04. The van der Waals surface area contributed by atoms with Gasteiger partial charge in [-0.15, -0.1) is 0 Å². The van der Waals surface area contributed by atoms with Crippen molar-refractivity contribution in [2.24, 2.45) is 0 Å². The monoisotopic (exact) mass is 371 g/mol. The topological polar surface area (TPSA) is 112 Å². The molecular formula is C18H17N3O6. The summed E-state index contributed by atoms with van der Waals surface area (Å²) in [6.45, 7) is 3.28. The van der Waals surface area contributed by atoms with E-state index >= 15 is 0 Å². The predicted octanol–water partition coefficient (Wildman–Crippen LogP) is 2.48. The minimum Gasteiger partial charge on any atom is -0.472 e. The van der Waals surface area contributed by atoms with Crippen LogP contribution in [0.25, 0.3) is 0 Å². The van der Waals surface area contributed by atoms with Crippen LogP contribution in [0.4, 0.5) is 11.6 Å². The quantitative estimate of drug-likeness (QED) is 0.461. The number of carbonyl (C=O) groups excluding carboxylic acids is 2. The van der Waals surface area contributed by atoms with Crippen molar-refractivity contribution in [2.75, 3.05) is 12.0 Å². The molecule has 0 unspecified atom stereocenters. The van der Waals surface area contributed by atoms with Gasteiger partial charge in [0, 0.05) is 6.07 Å². The largest absolute Gasteiger partial charge is 0.472 e. The van der Waals surface area contributed by atoms with Crippen LogP contribution >= 0.6 is 0 Å². The molecule has 1 aliphatic rings. The number of anilines is 1. The fourth-order valence-electron chi connectivity index (χ4n) is 2.78. The first-order valence-electron chi connectivity index (χ1n) is 8.06. The number of hydrogen-bond acceptors (Lipinski definition) is 7. The van der Waals surface area contributed by atoms with Crippen molar-refractivity contribution in [3.05, 3.63) is 57.6 Å². The maximum atomic E-state index is 12.9. The Hall–Kier alpha value is -3.49. The van der Waals surface area contributed by atoms with Gasteiger partial charge in [-0.1, -0.05) is 12.1 Å². The van der Waals surface area contributed by atoms with E-state index in [1.54, 1.807) is 38.1 Å². The third-order valence-electron chi connectivity index (χ3n) is 4.08. The van der Waals surface area contributed by atoms with Gasteiger partial charge in [-0.2, -0.15) is 0 Å². The first-order chi connectivity index (χ1) is 12.7. The van der Waals surface area contributed by atoms with E-state index < -0.39 is 28.2 Å². The minimum absolute atomic E-state index is 0.0667. The van der Waals surface area contributed by atoms with Gasteiger partial charge in [-0.3, -0.25) is 9.69 Å². The number of carbonyl (C=O) groups is 2. The molecule has 27 heavy (non-hydrogen) atoms. The number of methoxy groups -OCH3 is 1. The zero-order chi connectivity index (χ0) is 19.8. The third kappa shape index (κ3) is 3.43. The maximum absolute atomic E-state index is 12.9. The fourth-order valence-corrected chi connectivity index (χ4v) is 2.78. The van der Waals surface area contributed by atoms with Gasteiger partial charge in [0.25, 0.3) is 11.7 Å². The summed E-state index contributed by atoms with van der Waals surface area (Å²) < 4.78 is 10.4.